The van der Waals surface area contributed by atoms with E-state index in [-0.39, 0.29) is 36.9 Å². The SMILES string of the molecule is CCOC(=O)CCCc1ccc(C(N)=NO)cc1NCc1ccc(F)cc1C(F)(F)F. The Balaban J connectivity index is 2.26. The van der Waals surface area contributed by atoms with Gasteiger partial charge in [0.05, 0.1) is 12.2 Å². The molecule has 0 heterocycles. The fraction of sp³-hybridized carbons (Fsp3) is 0.333. The van der Waals surface area contributed by atoms with Crippen LogP contribution in [0.15, 0.2) is 41.6 Å². The monoisotopic (exact) mass is 441 g/mol. The highest BCUT2D eigenvalue weighted by molar-refractivity contribution is 5.98. The number of oxime groups is 1. The van der Waals surface area contributed by atoms with E-state index in [1.165, 1.54) is 6.07 Å². The molecule has 0 aliphatic rings. The Morgan fingerprint density at radius 2 is 1.90 bits per heavy atom. The number of alkyl halides is 3. The average Bonchev–Trinajstić information content (AvgIpc) is 2.72. The molecule has 6 nitrogen and oxygen atoms in total. The minimum atomic E-state index is -4.71. The number of hydrogen-bond donors (Lipinski definition) is 3. The van der Waals surface area contributed by atoms with Crippen LogP contribution in [0.2, 0.25) is 0 Å². The van der Waals surface area contributed by atoms with Gasteiger partial charge in [0.25, 0.3) is 0 Å². The van der Waals surface area contributed by atoms with Gasteiger partial charge in [-0.1, -0.05) is 23.4 Å². The first-order valence-corrected chi connectivity index (χ1v) is 9.51. The number of amidine groups is 1. The first kappa shape index (κ1) is 24.0. The van der Waals surface area contributed by atoms with Crippen LogP contribution in [0.5, 0.6) is 0 Å². The number of nitrogens with two attached hydrogens (primary N) is 1. The summed E-state index contributed by atoms with van der Waals surface area (Å²) < 4.78 is 58.0. The van der Waals surface area contributed by atoms with E-state index in [4.69, 9.17) is 15.7 Å². The molecule has 0 saturated carbocycles. The second-order valence-electron chi connectivity index (χ2n) is 6.67. The molecule has 0 spiro atoms. The summed E-state index contributed by atoms with van der Waals surface area (Å²) in [4.78, 5) is 11.5. The first-order chi connectivity index (χ1) is 14.7. The number of halogens is 4. The number of benzene rings is 2. The van der Waals surface area contributed by atoms with Gasteiger partial charge in [-0.2, -0.15) is 13.2 Å². The average molecular weight is 441 g/mol. The van der Waals surface area contributed by atoms with Gasteiger partial charge in [0.1, 0.15) is 5.82 Å². The van der Waals surface area contributed by atoms with Gasteiger partial charge in [-0.15, -0.1) is 0 Å². The molecule has 168 valence electrons. The number of aryl methyl sites for hydroxylation is 1. The van der Waals surface area contributed by atoms with E-state index in [0.29, 0.717) is 30.2 Å². The summed E-state index contributed by atoms with van der Waals surface area (Å²) in [6.45, 7) is 1.75. The van der Waals surface area contributed by atoms with Gasteiger partial charge < -0.3 is 21.0 Å². The summed E-state index contributed by atoms with van der Waals surface area (Å²) in [6, 6.07) is 7.28. The third-order valence-corrected chi connectivity index (χ3v) is 4.49. The van der Waals surface area contributed by atoms with Crippen molar-refractivity contribution in [2.24, 2.45) is 10.9 Å². The van der Waals surface area contributed by atoms with E-state index in [0.717, 1.165) is 17.7 Å². The van der Waals surface area contributed by atoms with Crippen LogP contribution >= 0.6 is 0 Å². The predicted molar refractivity (Wildman–Crippen MR) is 107 cm³/mol. The molecular formula is C21H23F4N3O3. The summed E-state index contributed by atoms with van der Waals surface area (Å²) in [5.41, 5.74) is 5.92. The Morgan fingerprint density at radius 3 is 2.55 bits per heavy atom. The summed E-state index contributed by atoms with van der Waals surface area (Å²) in [5.74, 6) is -1.49. The largest absolute Gasteiger partial charge is 0.466 e. The van der Waals surface area contributed by atoms with Gasteiger partial charge in [0.2, 0.25) is 0 Å². The van der Waals surface area contributed by atoms with Gasteiger partial charge in [-0.05, 0) is 49.1 Å². The molecule has 0 atom stereocenters. The smallest absolute Gasteiger partial charge is 0.416 e. The van der Waals surface area contributed by atoms with Crippen molar-refractivity contribution in [2.45, 2.75) is 38.9 Å². The normalized spacial score (nSPS) is 12.0. The third kappa shape index (κ3) is 6.87. The Bertz CT molecular complexity index is 946. The molecule has 0 aliphatic heterocycles. The molecule has 2 rings (SSSR count). The zero-order valence-corrected chi connectivity index (χ0v) is 16.8. The van der Waals surface area contributed by atoms with Crippen molar-refractivity contribution in [3.8, 4) is 0 Å². The summed E-state index contributed by atoms with van der Waals surface area (Å²) >= 11 is 0. The van der Waals surface area contributed by atoms with E-state index in [2.05, 4.69) is 10.5 Å². The molecule has 0 fully saturated rings. The molecule has 0 aromatic heterocycles. The van der Waals surface area contributed by atoms with Crippen molar-refractivity contribution >= 4 is 17.5 Å². The molecule has 0 amide bonds. The van der Waals surface area contributed by atoms with E-state index in [9.17, 15) is 22.4 Å². The molecule has 4 N–H and O–H groups in total. The lowest BCUT2D eigenvalue weighted by atomic mass is 10.0. The lowest BCUT2D eigenvalue weighted by Gasteiger charge is -2.17. The number of carbonyl (C=O) groups is 1. The summed E-state index contributed by atoms with van der Waals surface area (Å²) in [6.07, 6.45) is -3.63. The summed E-state index contributed by atoms with van der Waals surface area (Å²) in [5, 5.41) is 14.7. The molecule has 2 aromatic rings. The topological polar surface area (TPSA) is 96.9 Å². The number of carbonyl (C=O) groups excluding carboxylic acids is 1. The van der Waals surface area contributed by atoms with Crippen LogP contribution in [0, 0.1) is 5.82 Å². The fourth-order valence-corrected chi connectivity index (χ4v) is 2.99. The first-order valence-electron chi connectivity index (χ1n) is 9.51. The molecule has 0 radical (unpaired) electrons. The highest BCUT2D eigenvalue weighted by atomic mass is 19.4. The minimum absolute atomic E-state index is 0.138. The van der Waals surface area contributed by atoms with E-state index < -0.39 is 17.6 Å². The van der Waals surface area contributed by atoms with Gasteiger partial charge in [-0.3, -0.25) is 4.79 Å². The van der Waals surface area contributed by atoms with Crippen molar-refractivity contribution in [3.05, 3.63) is 64.5 Å². The zero-order valence-electron chi connectivity index (χ0n) is 16.8. The Labute approximate surface area is 176 Å². The fourth-order valence-electron chi connectivity index (χ4n) is 2.99. The maximum Gasteiger partial charge on any atom is 0.416 e. The van der Waals surface area contributed by atoms with Gasteiger partial charge >= 0.3 is 12.1 Å². The predicted octanol–water partition coefficient (Wildman–Crippen LogP) is 4.44. The standard InChI is InChI=1S/C21H23F4N3O3/c1-2-31-19(29)5-3-4-13-6-7-14(20(26)28-30)10-18(13)27-12-15-8-9-16(22)11-17(15)21(23,24)25/h6-11,27,30H,2-5,12H2,1H3,(H2,26,28). The molecule has 0 saturated heterocycles. The van der Waals surface area contributed by atoms with Crippen LogP contribution in [0.25, 0.3) is 0 Å². The minimum Gasteiger partial charge on any atom is -0.466 e. The molecular weight excluding hydrogens is 418 g/mol. The van der Waals surface area contributed by atoms with E-state index >= 15 is 0 Å². The number of rotatable bonds is 9. The van der Waals surface area contributed by atoms with Crippen molar-refractivity contribution in [2.75, 3.05) is 11.9 Å². The maximum atomic E-state index is 13.3. The van der Waals surface area contributed by atoms with Gasteiger partial charge in [0, 0.05) is 24.2 Å². The number of nitrogens with zero attached hydrogens (tertiary/aromatic N) is 1. The molecule has 0 unspecified atom stereocenters. The molecule has 0 aliphatic carbocycles. The van der Waals surface area contributed by atoms with Gasteiger partial charge in [-0.25, -0.2) is 4.39 Å². The lowest BCUT2D eigenvalue weighted by molar-refractivity contribution is -0.143. The molecule has 2 aromatic carbocycles. The van der Waals surface area contributed by atoms with Crippen LogP contribution in [0.4, 0.5) is 23.2 Å². The highest BCUT2D eigenvalue weighted by Crippen LogP contribution is 2.33. The number of anilines is 1. The molecule has 10 heteroatoms. The second-order valence-corrected chi connectivity index (χ2v) is 6.67. The van der Waals surface area contributed by atoms with Crippen molar-refractivity contribution in [3.63, 3.8) is 0 Å². The van der Waals surface area contributed by atoms with Crippen LogP contribution in [0.1, 0.15) is 42.0 Å². The highest BCUT2D eigenvalue weighted by Gasteiger charge is 2.33. The second kappa shape index (κ2) is 10.6. The van der Waals surface area contributed by atoms with Crippen LogP contribution in [-0.2, 0) is 28.7 Å². The Hall–Kier alpha value is -3.30. The van der Waals surface area contributed by atoms with E-state index in [1.807, 2.05) is 0 Å². The lowest BCUT2D eigenvalue weighted by Crippen LogP contribution is -2.15. The number of ether oxygens (including phenoxy) is 1. The number of nitrogens with one attached hydrogen (secondary N) is 1. The zero-order chi connectivity index (χ0) is 23.0. The third-order valence-electron chi connectivity index (χ3n) is 4.49. The maximum absolute atomic E-state index is 13.3. The molecule has 31 heavy (non-hydrogen) atoms. The number of hydrogen-bond acceptors (Lipinski definition) is 5. The van der Waals surface area contributed by atoms with E-state index in [1.54, 1.807) is 19.1 Å². The van der Waals surface area contributed by atoms with Crippen LogP contribution < -0.4 is 11.1 Å². The van der Waals surface area contributed by atoms with Crippen LogP contribution in [-0.4, -0.2) is 23.6 Å². The van der Waals surface area contributed by atoms with Crippen molar-refractivity contribution in [1.82, 2.24) is 0 Å². The number of esters is 1. The van der Waals surface area contributed by atoms with Gasteiger partial charge in [0.15, 0.2) is 5.84 Å². The summed E-state index contributed by atoms with van der Waals surface area (Å²) in [7, 11) is 0. The van der Waals surface area contributed by atoms with Crippen LogP contribution in [0.3, 0.4) is 0 Å². The Kier molecular flexibility index (Phi) is 8.23. The Morgan fingerprint density at radius 1 is 1.19 bits per heavy atom. The molecule has 0 bridgehead atoms. The van der Waals surface area contributed by atoms with Crippen molar-refractivity contribution < 1.29 is 32.3 Å². The van der Waals surface area contributed by atoms with Crippen molar-refractivity contribution in [1.29, 1.82) is 0 Å². The quantitative estimate of drug-likeness (QED) is 0.134.